The maximum Gasteiger partial charge on any atom is 0.358 e. The van der Waals surface area contributed by atoms with Crippen LogP contribution in [0.2, 0.25) is 0 Å². The molecule has 1 heterocycles. The van der Waals surface area contributed by atoms with E-state index in [-0.39, 0.29) is 5.69 Å². The van der Waals surface area contributed by atoms with Gasteiger partial charge in [0.2, 0.25) is 0 Å². The van der Waals surface area contributed by atoms with E-state index in [0.29, 0.717) is 19.0 Å². The van der Waals surface area contributed by atoms with Gasteiger partial charge in [-0.1, -0.05) is 0 Å². The Morgan fingerprint density at radius 3 is 2.76 bits per heavy atom. The second kappa shape index (κ2) is 6.80. The number of carbonyl (C=O) groups excluding carboxylic acids is 1. The molecule has 17 heavy (non-hydrogen) atoms. The van der Waals surface area contributed by atoms with Crippen LogP contribution in [0.3, 0.4) is 0 Å². The van der Waals surface area contributed by atoms with Crippen molar-refractivity contribution in [1.29, 1.82) is 0 Å². The van der Waals surface area contributed by atoms with Crippen LogP contribution in [0, 0.1) is 0 Å². The number of anilines is 1. The minimum Gasteiger partial charge on any atom is -0.464 e. The van der Waals surface area contributed by atoms with Crippen LogP contribution in [-0.4, -0.2) is 49.9 Å². The molecule has 0 amide bonds. The second-order valence-corrected chi connectivity index (χ2v) is 3.33. The highest BCUT2D eigenvalue weighted by Gasteiger charge is 2.11. The number of methoxy groups -OCH3 is 2. The standard InChI is InChI=1S/C11H17N3O3/c1-4-14(5-6-16-2)10-8-12-7-9(13-10)11(15)17-3/h7-8H,4-6H2,1-3H3. The van der Waals surface area contributed by atoms with Crippen LogP contribution in [0.15, 0.2) is 12.4 Å². The summed E-state index contributed by atoms with van der Waals surface area (Å²) in [6.45, 7) is 4.06. The van der Waals surface area contributed by atoms with Gasteiger partial charge in [-0.25, -0.2) is 9.78 Å². The Labute approximate surface area is 101 Å². The van der Waals surface area contributed by atoms with Gasteiger partial charge in [-0.15, -0.1) is 0 Å². The summed E-state index contributed by atoms with van der Waals surface area (Å²) in [6, 6.07) is 0. The number of esters is 1. The Hall–Kier alpha value is -1.69. The molecule has 0 aliphatic heterocycles. The normalized spacial score (nSPS) is 10.1. The zero-order valence-electron chi connectivity index (χ0n) is 10.3. The first-order valence-corrected chi connectivity index (χ1v) is 5.37. The molecule has 6 nitrogen and oxygen atoms in total. The number of hydrogen-bond donors (Lipinski definition) is 0. The van der Waals surface area contributed by atoms with Gasteiger partial charge >= 0.3 is 5.97 Å². The molecule has 6 heteroatoms. The van der Waals surface area contributed by atoms with Crippen molar-refractivity contribution >= 4 is 11.8 Å². The molecule has 1 aromatic rings. The Morgan fingerprint density at radius 2 is 2.18 bits per heavy atom. The summed E-state index contributed by atoms with van der Waals surface area (Å²) in [4.78, 5) is 21.5. The molecule has 0 spiro atoms. The van der Waals surface area contributed by atoms with Gasteiger partial charge in [-0.3, -0.25) is 4.98 Å². The maximum atomic E-state index is 11.3. The van der Waals surface area contributed by atoms with Gasteiger partial charge in [-0.05, 0) is 6.92 Å². The van der Waals surface area contributed by atoms with Crippen molar-refractivity contribution < 1.29 is 14.3 Å². The van der Waals surface area contributed by atoms with Crippen molar-refractivity contribution in [2.24, 2.45) is 0 Å². The van der Waals surface area contributed by atoms with E-state index in [1.807, 2.05) is 11.8 Å². The first kappa shape index (κ1) is 13.4. The van der Waals surface area contributed by atoms with Crippen LogP contribution in [0.25, 0.3) is 0 Å². The third kappa shape index (κ3) is 3.67. The Bertz CT molecular complexity index is 371. The van der Waals surface area contributed by atoms with E-state index in [4.69, 9.17) is 4.74 Å². The van der Waals surface area contributed by atoms with E-state index in [9.17, 15) is 4.79 Å². The minimum atomic E-state index is -0.484. The first-order valence-electron chi connectivity index (χ1n) is 5.37. The fraction of sp³-hybridized carbons (Fsp3) is 0.545. The van der Waals surface area contributed by atoms with E-state index in [1.165, 1.54) is 13.3 Å². The highest BCUT2D eigenvalue weighted by Crippen LogP contribution is 2.09. The lowest BCUT2D eigenvalue weighted by Gasteiger charge is -2.21. The van der Waals surface area contributed by atoms with Crippen LogP contribution in [0.4, 0.5) is 5.82 Å². The predicted molar refractivity (Wildman–Crippen MR) is 63.1 cm³/mol. The topological polar surface area (TPSA) is 64.5 Å². The minimum absolute atomic E-state index is 0.209. The Morgan fingerprint density at radius 1 is 1.41 bits per heavy atom. The number of carbonyl (C=O) groups is 1. The summed E-state index contributed by atoms with van der Waals surface area (Å²) >= 11 is 0. The molecular formula is C11H17N3O3. The summed E-state index contributed by atoms with van der Waals surface area (Å²) in [7, 11) is 2.96. The molecule has 0 aliphatic carbocycles. The predicted octanol–water partition coefficient (Wildman–Crippen LogP) is 0.736. The van der Waals surface area contributed by atoms with Crippen molar-refractivity contribution in [3.63, 3.8) is 0 Å². The van der Waals surface area contributed by atoms with Crippen LogP contribution in [0.1, 0.15) is 17.4 Å². The summed E-state index contributed by atoms with van der Waals surface area (Å²) < 4.78 is 9.61. The lowest BCUT2D eigenvalue weighted by molar-refractivity contribution is 0.0593. The van der Waals surface area contributed by atoms with Crippen molar-refractivity contribution in [2.45, 2.75) is 6.92 Å². The maximum absolute atomic E-state index is 11.3. The van der Waals surface area contributed by atoms with Crippen molar-refractivity contribution in [1.82, 2.24) is 9.97 Å². The quantitative estimate of drug-likeness (QED) is 0.682. The van der Waals surface area contributed by atoms with Gasteiger partial charge in [0.25, 0.3) is 0 Å². The SMILES string of the molecule is CCN(CCOC)c1cncc(C(=O)OC)n1. The van der Waals surface area contributed by atoms with Crippen molar-refractivity contribution in [2.75, 3.05) is 38.8 Å². The van der Waals surface area contributed by atoms with Gasteiger partial charge in [0.15, 0.2) is 5.69 Å². The molecule has 94 valence electrons. The van der Waals surface area contributed by atoms with Gasteiger partial charge in [0.1, 0.15) is 5.82 Å². The third-order valence-electron chi connectivity index (χ3n) is 2.29. The van der Waals surface area contributed by atoms with Crippen LogP contribution in [0.5, 0.6) is 0 Å². The largest absolute Gasteiger partial charge is 0.464 e. The number of aromatic nitrogens is 2. The van der Waals surface area contributed by atoms with Gasteiger partial charge in [0.05, 0.1) is 26.1 Å². The summed E-state index contributed by atoms with van der Waals surface area (Å²) in [5, 5.41) is 0. The summed E-state index contributed by atoms with van der Waals surface area (Å²) in [6.07, 6.45) is 3.01. The third-order valence-corrected chi connectivity index (χ3v) is 2.29. The Balaban J connectivity index is 2.84. The molecule has 0 N–H and O–H groups in total. The van der Waals surface area contributed by atoms with E-state index in [0.717, 1.165) is 6.54 Å². The summed E-state index contributed by atoms with van der Waals surface area (Å²) in [5.74, 6) is 0.162. The number of hydrogen-bond acceptors (Lipinski definition) is 6. The Kier molecular flexibility index (Phi) is 5.35. The highest BCUT2D eigenvalue weighted by atomic mass is 16.5. The van der Waals surface area contributed by atoms with E-state index in [2.05, 4.69) is 14.7 Å². The van der Waals surface area contributed by atoms with Crippen molar-refractivity contribution in [3.05, 3.63) is 18.1 Å². The van der Waals surface area contributed by atoms with E-state index >= 15 is 0 Å². The number of ether oxygens (including phenoxy) is 2. The molecule has 0 bridgehead atoms. The highest BCUT2D eigenvalue weighted by molar-refractivity contribution is 5.87. The monoisotopic (exact) mass is 239 g/mol. The molecule has 0 fully saturated rings. The van der Waals surface area contributed by atoms with Crippen LogP contribution < -0.4 is 4.90 Å². The lowest BCUT2D eigenvalue weighted by atomic mass is 10.4. The fourth-order valence-corrected chi connectivity index (χ4v) is 1.35. The van der Waals surface area contributed by atoms with Gasteiger partial charge in [0, 0.05) is 20.2 Å². The van der Waals surface area contributed by atoms with E-state index in [1.54, 1.807) is 13.3 Å². The zero-order valence-corrected chi connectivity index (χ0v) is 10.3. The zero-order chi connectivity index (χ0) is 12.7. The molecule has 0 saturated heterocycles. The molecule has 0 atom stereocenters. The molecule has 0 saturated carbocycles. The number of nitrogens with zero attached hydrogens (tertiary/aromatic N) is 3. The second-order valence-electron chi connectivity index (χ2n) is 3.33. The van der Waals surface area contributed by atoms with Crippen LogP contribution >= 0.6 is 0 Å². The van der Waals surface area contributed by atoms with Gasteiger partial charge < -0.3 is 14.4 Å². The molecule has 1 aromatic heterocycles. The van der Waals surface area contributed by atoms with Crippen LogP contribution in [-0.2, 0) is 9.47 Å². The lowest BCUT2D eigenvalue weighted by Crippen LogP contribution is -2.28. The summed E-state index contributed by atoms with van der Waals surface area (Å²) in [5.41, 5.74) is 0.209. The average molecular weight is 239 g/mol. The number of likely N-dealkylation sites (N-methyl/N-ethyl adjacent to an activating group) is 1. The number of rotatable bonds is 6. The molecule has 1 rings (SSSR count). The average Bonchev–Trinajstić information content (AvgIpc) is 2.39. The fourth-order valence-electron chi connectivity index (χ4n) is 1.35. The van der Waals surface area contributed by atoms with Gasteiger partial charge in [-0.2, -0.15) is 0 Å². The molecule has 0 aromatic carbocycles. The van der Waals surface area contributed by atoms with E-state index < -0.39 is 5.97 Å². The molecule has 0 unspecified atom stereocenters. The van der Waals surface area contributed by atoms with Crippen molar-refractivity contribution in [3.8, 4) is 0 Å². The molecule has 0 radical (unpaired) electrons. The smallest absolute Gasteiger partial charge is 0.358 e. The first-order chi connectivity index (χ1) is 8.22. The molecular weight excluding hydrogens is 222 g/mol. The molecule has 0 aliphatic rings.